The number of hydrogen-bond acceptors (Lipinski definition) is 3. The minimum atomic E-state index is -1.02. The topological polar surface area (TPSA) is 77.0 Å². The molecule has 1 atom stereocenters. The summed E-state index contributed by atoms with van der Waals surface area (Å²) >= 11 is 1.54. The van der Waals surface area contributed by atoms with Crippen molar-refractivity contribution < 1.29 is 15.4 Å². The molecule has 0 heterocycles. The van der Waals surface area contributed by atoms with E-state index < -0.39 is 12.0 Å². The summed E-state index contributed by atoms with van der Waals surface area (Å²) in [5.74, 6) is -0.306. The van der Waals surface area contributed by atoms with E-state index in [2.05, 4.69) is 0 Å². The maximum Gasteiger partial charge on any atom is 0.362 e. The Morgan fingerprint density at radius 1 is 1.90 bits per heavy atom. The molecule has 0 unspecified atom stereocenters. The van der Waals surface area contributed by atoms with Gasteiger partial charge >= 0.3 is 5.97 Å². The first-order chi connectivity index (χ1) is 4.72. The van der Waals surface area contributed by atoms with E-state index in [9.17, 15) is 10.0 Å². The van der Waals surface area contributed by atoms with Crippen LogP contribution in [0.2, 0.25) is 0 Å². The molecular weight excluding hydrogens is 154 g/mol. The van der Waals surface area contributed by atoms with Crippen LogP contribution in [0.4, 0.5) is 0 Å². The number of carbonyl (C=O) groups is 1. The first-order valence-electron chi connectivity index (χ1n) is 2.89. The van der Waals surface area contributed by atoms with Gasteiger partial charge in [0.15, 0.2) is 6.04 Å². The van der Waals surface area contributed by atoms with Gasteiger partial charge in [0.05, 0.1) is 0 Å². The molecule has 60 valence electrons. The van der Waals surface area contributed by atoms with Crippen LogP contribution in [0.1, 0.15) is 6.42 Å². The second-order valence-electron chi connectivity index (χ2n) is 1.86. The van der Waals surface area contributed by atoms with Gasteiger partial charge in [-0.25, -0.2) is 4.79 Å². The van der Waals surface area contributed by atoms with E-state index in [1.165, 1.54) is 0 Å². The minimum absolute atomic E-state index is 0.431. The third-order valence-corrected chi connectivity index (χ3v) is 1.76. The third kappa shape index (κ3) is 3.71. The molecule has 0 aliphatic rings. The maximum atomic E-state index is 10.2. The number of carboxylic acid groups (broad SMARTS) is 1. The van der Waals surface area contributed by atoms with Gasteiger partial charge in [-0.15, -0.1) is 0 Å². The number of aliphatic carboxylic acids is 1. The van der Waals surface area contributed by atoms with E-state index in [1.807, 2.05) is 6.26 Å². The molecule has 0 aromatic rings. The summed E-state index contributed by atoms with van der Waals surface area (Å²) in [5.41, 5.74) is 0.485. The molecule has 0 amide bonds. The van der Waals surface area contributed by atoms with Gasteiger partial charge in [-0.3, -0.25) is 0 Å². The number of nitrogens with two attached hydrogens (primary N) is 1. The number of hydrogen-bond donors (Lipinski definition) is 2. The number of hydroxylamine groups is 1. The van der Waals surface area contributed by atoms with E-state index in [0.717, 1.165) is 5.75 Å². The van der Waals surface area contributed by atoms with Gasteiger partial charge in [0.1, 0.15) is 0 Å². The van der Waals surface area contributed by atoms with Crippen LogP contribution in [0.25, 0.3) is 0 Å². The van der Waals surface area contributed by atoms with E-state index in [0.29, 0.717) is 11.9 Å². The SMILES string of the molecule is CSCC[C@H]([NH2+][O-])C(=O)O. The molecule has 0 aliphatic heterocycles. The normalized spacial score (nSPS) is 13.0. The zero-order valence-electron chi connectivity index (χ0n) is 5.74. The average Bonchev–Trinajstić information content (AvgIpc) is 1.89. The lowest BCUT2D eigenvalue weighted by atomic mass is 10.2. The number of quaternary nitrogens is 1. The van der Waals surface area contributed by atoms with Gasteiger partial charge in [0.25, 0.3) is 0 Å². The predicted octanol–water partition coefficient (Wildman–Crippen LogP) is -0.746. The second-order valence-corrected chi connectivity index (χ2v) is 2.85. The summed E-state index contributed by atoms with van der Waals surface area (Å²) in [7, 11) is 0. The molecule has 0 saturated heterocycles. The second kappa shape index (κ2) is 5.52. The summed E-state index contributed by atoms with van der Waals surface area (Å²) in [6, 6.07) is -0.813. The van der Waals surface area contributed by atoms with Crippen molar-refractivity contribution in [3.05, 3.63) is 5.21 Å². The summed E-state index contributed by atoms with van der Waals surface area (Å²) in [6.07, 6.45) is 2.31. The monoisotopic (exact) mass is 165 g/mol. The van der Waals surface area contributed by atoms with E-state index in [4.69, 9.17) is 5.11 Å². The smallest absolute Gasteiger partial charge is 0.362 e. The molecule has 0 aromatic heterocycles. The van der Waals surface area contributed by atoms with Crippen molar-refractivity contribution in [2.75, 3.05) is 12.0 Å². The molecular formula is C5H11NO3S. The highest BCUT2D eigenvalue weighted by molar-refractivity contribution is 7.98. The highest BCUT2D eigenvalue weighted by Gasteiger charge is 2.15. The fraction of sp³-hybridized carbons (Fsp3) is 0.800. The number of carboxylic acids is 1. The summed E-state index contributed by atoms with van der Waals surface area (Å²) in [6.45, 7) is 0. The van der Waals surface area contributed by atoms with Crippen LogP contribution in [0.15, 0.2) is 0 Å². The molecule has 0 rings (SSSR count). The Bertz CT molecular complexity index is 109. The third-order valence-electron chi connectivity index (χ3n) is 1.11. The van der Waals surface area contributed by atoms with Crippen LogP contribution in [0, 0.1) is 5.21 Å². The van der Waals surface area contributed by atoms with Crippen molar-refractivity contribution in [2.45, 2.75) is 12.5 Å². The lowest BCUT2D eigenvalue weighted by Gasteiger charge is -2.10. The Morgan fingerprint density at radius 3 is 2.80 bits per heavy atom. The lowest BCUT2D eigenvalue weighted by Crippen LogP contribution is -2.86. The van der Waals surface area contributed by atoms with Gasteiger partial charge < -0.3 is 15.8 Å². The molecule has 0 bridgehead atoms. The van der Waals surface area contributed by atoms with Crippen molar-refractivity contribution in [1.29, 1.82) is 0 Å². The van der Waals surface area contributed by atoms with Gasteiger partial charge in [0, 0.05) is 6.42 Å². The molecule has 4 nitrogen and oxygen atoms in total. The standard InChI is InChI=1S/C5H11NO3S/c1-10-3-2-4(6-9)5(7)8/h4H,2-3,6H2,1H3,(H,7,8)/t4-/m0/s1. The van der Waals surface area contributed by atoms with Crippen molar-refractivity contribution in [3.63, 3.8) is 0 Å². The molecule has 3 N–H and O–H groups in total. The maximum absolute atomic E-state index is 10.2. The molecule has 0 radical (unpaired) electrons. The predicted molar refractivity (Wildman–Crippen MR) is 39.7 cm³/mol. The Balaban J connectivity index is 3.50. The first-order valence-corrected chi connectivity index (χ1v) is 4.28. The Kier molecular flexibility index (Phi) is 5.38. The van der Waals surface area contributed by atoms with Crippen molar-refractivity contribution in [1.82, 2.24) is 0 Å². The molecule has 0 saturated carbocycles. The van der Waals surface area contributed by atoms with Crippen LogP contribution in [-0.4, -0.2) is 29.1 Å². The zero-order valence-corrected chi connectivity index (χ0v) is 6.56. The summed E-state index contributed by atoms with van der Waals surface area (Å²) < 4.78 is 0. The van der Waals surface area contributed by atoms with Gasteiger partial charge in [-0.1, -0.05) is 0 Å². The molecule has 10 heavy (non-hydrogen) atoms. The van der Waals surface area contributed by atoms with Gasteiger partial charge in [-0.05, 0) is 12.0 Å². The quantitative estimate of drug-likeness (QED) is 0.526. The van der Waals surface area contributed by atoms with Crippen LogP contribution in [-0.2, 0) is 4.79 Å². The van der Waals surface area contributed by atoms with E-state index in [1.54, 1.807) is 11.8 Å². The van der Waals surface area contributed by atoms with E-state index in [-0.39, 0.29) is 0 Å². The van der Waals surface area contributed by atoms with Crippen LogP contribution in [0.3, 0.4) is 0 Å². The van der Waals surface area contributed by atoms with Crippen LogP contribution < -0.4 is 5.48 Å². The Labute approximate surface area is 63.6 Å². The Hall–Kier alpha value is -0.260. The van der Waals surface area contributed by atoms with Crippen LogP contribution in [0.5, 0.6) is 0 Å². The lowest BCUT2D eigenvalue weighted by molar-refractivity contribution is -0.615. The fourth-order valence-corrected chi connectivity index (χ4v) is 0.984. The zero-order chi connectivity index (χ0) is 7.98. The fourth-order valence-electron chi connectivity index (χ4n) is 0.495. The van der Waals surface area contributed by atoms with Crippen molar-refractivity contribution in [2.24, 2.45) is 0 Å². The Morgan fingerprint density at radius 2 is 2.50 bits per heavy atom. The first kappa shape index (κ1) is 9.74. The minimum Gasteiger partial charge on any atom is -0.635 e. The molecule has 0 spiro atoms. The van der Waals surface area contributed by atoms with Crippen molar-refractivity contribution in [3.8, 4) is 0 Å². The average molecular weight is 165 g/mol. The summed E-state index contributed by atoms with van der Waals surface area (Å²) in [5, 5.41) is 18.4. The largest absolute Gasteiger partial charge is 0.635 e. The van der Waals surface area contributed by atoms with Gasteiger partial charge in [0.2, 0.25) is 0 Å². The molecule has 5 heteroatoms. The number of thioether (sulfide) groups is 1. The van der Waals surface area contributed by atoms with Crippen molar-refractivity contribution >= 4 is 17.7 Å². The number of rotatable bonds is 5. The van der Waals surface area contributed by atoms with Crippen LogP contribution >= 0.6 is 11.8 Å². The highest BCUT2D eigenvalue weighted by Crippen LogP contribution is 1.97. The molecule has 0 fully saturated rings. The highest BCUT2D eigenvalue weighted by atomic mass is 32.2. The van der Waals surface area contributed by atoms with E-state index >= 15 is 0 Å². The molecule has 0 aromatic carbocycles. The summed E-state index contributed by atoms with van der Waals surface area (Å²) in [4.78, 5) is 10.2. The van der Waals surface area contributed by atoms with Gasteiger partial charge in [-0.2, -0.15) is 11.8 Å². The molecule has 0 aliphatic carbocycles.